The number of hydrogen-bond donors (Lipinski definition) is 1. The highest BCUT2D eigenvalue weighted by Gasteiger charge is 2.08. The summed E-state index contributed by atoms with van der Waals surface area (Å²) in [6, 6.07) is 0. The Morgan fingerprint density at radius 1 is 1.64 bits per heavy atom. The molecule has 0 saturated heterocycles. The van der Waals surface area contributed by atoms with Gasteiger partial charge in [0.25, 0.3) is 0 Å². The van der Waals surface area contributed by atoms with Gasteiger partial charge in [-0.15, -0.1) is 11.3 Å². The zero-order chi connectivity index (χ0) is 10.1. The number of hydrogen-bond acceptors (Lipinski definition) is 4. The summed E-state index contributed by atoms with van der Waals surface area (Å²) in [5.41, 5.74) is 0.938. The summed E-state index contributed by atoms with van der Waals surface area (Å²) >= 11 is 1.45. The second-order valence-electron chi connectivity index (χ2n) is 2.74. The zero-order valence-electron chi connectivity index (χ0n) is 7.34. The molecule has 6 heteroatoms. The molecule has 2 aromatic heterocycles. The van der Waals surface area contributed by atoms with Crippen molar-refractivity contribution in [2.24, 2.45) is 0 Å². The molecule has 2 aromatic rings. The SMILES string of the molecule is Cc1csc(-n2cnc(C(=O)O)c2)n1. The molecule has 2 rings (SSSR count). The second kappa shape index (κ2) is 3.22. The van der Waals surface area contributed by atoms with Crippen molar-refractivity contribution in [2.45, 2.75) is 6.92 Å². The molecule has 14 heavy (non-hydrogen) atoms. The first-order valence-corrected chi connectivity index (χ1v) is 4.74. The van der Waals surface area contributed by atoms with E-state index in [1.807, 2.05) is 12.3 Å². The molecule has 0 saturated carbocycles. The van der Waals surface area contributed by atoms with Crippen molar-refractivity contribution in [2.75, 3.05) is 0 Å². The van der Waals surface area contributed by atoms with Gasteiger partial charge in [-0.25, -0.2) is 14.8 Å². The Labute approximate surface area is 83.7 Å². The van der Waals surface area contributed by atoms with Crippen LogP contribution in [0.5, 0.6) is 0 Å². The van der Waals surface area contributed by atoms with Gasteiger partial charge in [-0.05, 0) is 6.92 Å². The molecule has 0 aliphatic rings. The average molecular weight is 209 g/mol. The average Bonchev–Trinajstić information content (AvgIpc) is 2.70. The number of aromatic nitrogens is 3. The molecule has 0 spiro atoms. The summed E-state index contributed by atoms with van der Waals surface area (Å²) in [5.74, 6) is -1.03. The fraction of sp³-hybridized carbons (Fsp3) is 0.125. The fourth-order valence-electron chi connectivity index (χ4n) is 0.998. The molecule has 0 radical (unpaired) electrons. The van der Waals surface area contributed by atoms with Crippen molar-refractivity contribution < 1.29 is 9.90 Å². The number of rotatable bonds is 2. The smallest absolute Gasteiger partial charge is 0.356 e. The van der Waals surface area contributed by atoms with Crippen LogP contribution in [-0.2, 0) is 0 Å². The Kier molecular flexibility index (Phi) is 2.05. The quantitative estimate of drug-likeness (QED) is 0.810. The van der Waals surface area contributed by atoms with Gasteiger partial charge in [0.2, 0.25) is 0 Å². The monoisotopic (exact) mass is 209 g/mol. The summed E-state index contributed by atoms with van der Waals surface area (Å²) < 4.78 is 1.60. The van der Waals surface area contributed by atoms with Gasteiger partial charge in [0.1, 0.15) is 6.33 Å². The molecule has 0 atom stereocenters. The van der Waals surface area contributed by atoms with E-state index >= 15 is 0 Å². The minimum absolute atomic E-state index is 0.0258. The molecular formula is C8H7N3O2S. The van der Waals surface area contributed by atoms with Gasteiger partial charge in [-0.1, -0.05) is 0 Å². The van der Waals surface area contributed by atoms with Crippen LogP contribution in [0.3, 0.4) is 0 Å². The van der Waals surface area contributed by atoms with Crippen LogP contribution in [0, 0.1) is 6.92 Å². The van der Waals surface area contributed by atoms with Gasteiger partial charge in [-0.2, -0.15) is 0 Å². The Morgan fingerprint density at radius 2 is 2.43 bits per heavy atom. The van der Waals surface area contributed by atoms with Gasteiger partial charge in [0, 0.05) is 11.6 Å². The predicted molar refractivity (Wildman–Crippen MR) is 50.9 cm³/mol. The van der Waals surface area contributed by atoms with Crippen LogP contribution in [0.2, 0.25) is 0 Å². The van der Waals surface area contributed by atoms with Gasteiger partial charge in [0.15, 0.2) is 10.8 Å². The van der Waals surface area contributed by atoms with Crippen LogP contribution >= 0.6 is 11.3 Å². The van der Waals surface area contributed by atoms with Crippen LogP contribution in [0.4, 0.5) is 0 Å². The van der Waals surface area contributed by atoms with Crippen LogP contribution in [0.15, 0.2) is 17.9 Å². The molecule has 0 unspecified atom stereocenters. The van der Waals surface area contributed by atoms with Crippen molar-refractivity contribution >= 4 is 17.3 Å². The van der Waals surface area contributed by atoms with Gasteiger partial charge >= 0.3 is 5.97 Å². The van der Waals surface area contributed by atoms with E-state index in [0.29, 0.717) is 0 Å². The lowest BCUT2D eigenvalue weighted by atomic mass is 10.5. The molecule has 1 N–H and O–H groups in total. The van der Waals surface area contributed by atoms with Gasteiger partial charge in [0.05, 0.1) is 5.69 Å². The van der Waals surface area contributed by atoms with E-state index in [-0.39, 0.29) is 5.69 Å². The van der Waals surface area contributed by atoms with Gasteiger partial charge in [-0.3, -0.25) is 4.57 Å². The predicted octanol–water partition coefficient (Wildman–Crippen LogP) is 1.34. The lowest BCUT2D eigenvalue weighted by molar-refractivity contribution is 0.0691. The van der Waals surface area contributed by atoms with E-state index < -0.39 is 5.97 Å². The standard InChI is InChI=1S/C8H7N3O2S/c1-5-3-14-8(10-5)11-2-6(7(12)13)9-4-11/h2-4H,1H3,(H,12,13). The number of imidazole rings is 1. The number of aromatic carboxylic acids is 1. The molecule has 0 amide bonds. The van der Waals surface area contributed by atoms with E-state index in [2.05, 4.69) is 9.97 Å². The number of carbonyl (C=O) groups is 1. The first-order chi connectivity index (χ1) is 6.66. The first-order valence-electron chi connectivity index (χ1n) is 3.86. The minimum atomic E-state index is -1.03. The molecule has 2 heterocycles. The normalized spacial score (nSPS) is 10.4. The molecule has 72 valence electrons. The Morgan fingerprint density at radius 3 is 2.93 bits per heavy atom. The lowest BCUT2D eigenvalue weighted by Crippen LogP contribution is -1.95. The van der Waals surface area contributed by atoms with Gasteiger partial charge < -0.3 is 5.11 Å². The molecule has 0 bridgehead atoms. The maximum atomic E-state index is 10.6. The summed E-state index contributed by atoms with van der Waals surface area (Å²) in [6.45, 7) is 1.88. The number of carboxylic acids is 1. The zero-order valence-corrected chi connectivity index (χ0v) is 8.15. The largest absolute Gasteiger partial charge is 0.476 e. The van der Waals surface area contributed by atoms with Crippen molar-refractivity contribution in [3.63, 3.8) is 0 Å². The molecule has 0 aliphatic heterocycles. The Balaban J connectivity index is 2.38. The molecule has 5 nitrogen and oxygen atoms in total. The maximum absolute atomic E-state index is 10.6. The molecular weight excluding hydrogens is 202 g/mol. The number of nitrogens with zero attached hydrogens (tertiary/aromatic N) is 3. The topological polar surface area (TPSA) is 68.0 Å². The van der Waals surface area contributed by atoms with E-state index in [0.717, 1.165) is 10.8 Å². The number of carboxylic acid groups (broad SMARTS) is 1. The first kappa shape index (κ1) is 8.89. The highest BCUT2D eigenvalue weighted by molar-refractivity contribution is 7.12. The molecule has 0 aromatic carbocycles. The highest BCUT2D eigenvalue weighted by atomic mass is 32.1. The second-order valence-corrected chi connectivity index (χ2v) is 3.58. The third-order valence-electron chi connectivity index (χ3n) is 1.63. The molecule has 0 aliphatic carbocycles. The van der Waals surface area contributed by atoms with Crippen molar-refractivity contribution in [3.05, 3.63) is 29.3 Å². The summed E-state index contributed by atoms with van der Waals surface area (Å²) in [6.07, 6.45) is 2.89. The van der Waals surface area contributed by atoms with Crippen LogP contribution in [0.1, 0.15) is 16.2 Å². The maximum Gasteiger partial charge on any atom is 0.356 e. The Bertz CT molecular complexity index is 474. The third kappa shape index (κ3) is 1.51. The summed E-state index contributed by atoms with van der Waals surface area (Å²) in [7, 11) is 0. The molecule has 0 fully saturated rings. The van der Waals surface area contributed by atoms with E-state index in [9.17, 15) is 4.79 Å². The third-order valence-corrected chi connectivity index (χ3v) is 2.60. The lowest BCUT2D eigenvalue weighted by Gasteiger charge is -1.91. The summed E-state index contributed by atoms with van der Waals surface area (Å²) in [4.78, 5) is 18.5. The van der Waals surface area contributed by atoms with Crippen LogP contribution < -0.4 is 0 Å². The van der Waals surface area contributed by atoms with Crippen molar-refractivity contribution in [1.82, 2.24) is 14.5 Å². The fourth-order valence-corrected chi connectivity index (χ4v) is 1.74. The summed E-state index contributed by atoms with van der Waals surface area (Å²) in [5, 5.41) is 11.3. The van der Waals surface area contributed by atoms with Crippen molar-refractivity contribution in [1.29, 1.82) is 0 Å². The van der Waals surface area contributed by atoms with Crippen molar-refractivity contribution in [3.8, 4) is 5.13 Å². The number of aryl methyl sites for hydroxylation is 1. The van der Waals surface area contributed by atoms with E-state index in [4.69, 9.17) is 5.11 Å². The van der Waals surface area contributed by atoms with E-state index in [1.54, 1.807) is 4.57 Å². The van der Waals surface area contributed by atoms with E-state index in [1.165, 1.54) is 23.9 Å². The number of thiazole rings is 1. The van der Waals surface area contributed by atoms with Crippen LogP contribution in [0.25, 0.3) is 5.13 Å². The van der Waals surface area contributed by atoms with Crippen LogP contribution in [-0.4, -0.2) is 25.6 Å². The highest BCUT2D eigenvalue weighted by Crippen LogP contribution is 2.14. The minimum Gasteiger partial charge on any atom is -0.476 e. The Hall–Kier alpha value is -1.69.